The lowest BCUT2D eigenvalue weighted by atomic mass is 9.66. The van der Waals surface area contributed by atoms with Crippen LogP contribution < -0.4 is 0 Å². The average molecular weight is 423 g/mol. The van der Waals surface area contributed by atoms with Crippen molar-refractivity contribution < 1.29 is 30.0 Å². The molecule has 0 aromatic carbocycles. The Bertz CT molecular complexity index is 654. The number of aliphatic hydroxyl groups is 4. The van der Waals surface area contributed by atoms with E-state index in [1.807, 2.05) is 26.0 Å². The maximum absolute atomic E-state index is 12.5. The van der Waals surface area contributed by atoms with Gasteiger partial charge >= 0.3 is 5.97 Å². The van der Waals surface area contributed by atoms with E-state index in [0.717, 1.165) is 5.57 Å². The molecule has 0 aromatic heterocycles. The normalized spacial score (nSPS) is 31.3. The van der Waals surface area contributed by atoms with Crippen molar-refractivity contribution in [1.82, 2.24) is 0 Å². The standard InChI is InChI=1S/C24H38O6/c1-5-14(2)24(29)30-22-13-20(28)11-17-7-6-15(3)21(23(17)22)9-8-18(26)12-19(27)10-16(4)25/h6-7,11,14-15,18-23,25-28H,4-5,8-10,12-13H2,1-3H3/t14-,15-,18+,19-,20+,21-,22-,23-/m0/s1. The zero-order chi connectivity index (χ0) is 22.4. The highest BCUT2D eigenvalue weighted by Crippen LogP contribution is 2.44. The maximum atomic E-state index is 12.5. The molecule has 2 rings (SSSR count). The Kier molecular flexibility index (Phi) is 9.13. The van der Waals surface area contributed by atoms with E-state index in [2.05, 4.69) is 19.6 Å². The Balaban J connectivity index is 2.09. The van der Waals surface area contributed by atoms with Gasteiger partial charge in [-0.15, -0.1) is 0 Å². The molecule has 0 bridgehead atoms. The van der Waals surface area contributed by atoms with Crippen molar-refractivity contribution in [3.63, 3.8) is 0 Å². The third kappa shape index (κ3) is 6.69. The molecule has 0 aromatic rings. The van der Waals surface area contributed by atoms with E-state index < -0.39 is 18.3 Å². The molecule has 0 fully saturated rings. The van der Waals surface area contributed by atoms with Gasteiger partial charge in [0.25, 0.3) is 0 Å². The number of aliphatic hydroxyl groups excluding tert-OH is 4. The third-order valence-corrected chi connectivity index (χ3v) is 6.50. The van der Waals surface area contributed by atoms with Crippen LogP contribution in [0.25, 0.3) is 0 Å². The van der Waals surface area contributed by atoms with Gasteiger partial charge in [0.1, 0.15) is 6.10 Å². The van der Waals surface area contributed by atoms with Crippen molar-refractivity contribution in [2.45, 2.75) is 83.7 Å². The lowest BCUT2D eigenvalue weighted by Crippen LogP contribution is -2.43. The second kappa shape index (κ2) is 11.1. The lowest BCUT2D eigenvalue weighted by molar-refractivity contribution is -0.159. The number of carbonyl (C=O) groups is 1. The number of hydrogen-bond acceptors (Lipinski definition) is 6. The van der Waals surface area contributed by atoms with E-state index in [4.69, 9.17) is 4.74 Å². The van der Waals surface area contributed by atoms with Crippen molar-refractivity contribution in [3.8, 4) is 0 Å². The molecule has 2 aliphatic carbocycles. The number of carbonyl (C=O) groups excluding carboxylic acids is 1. The Morgan fingerprint density at radius 3 is 2.67 bits per heavy atom. The van der Waals surface area contributed by atoms with Crippen LogP contribution in [0.5, 0.6) is 0 Å². The zero-order valence-corrected chi connectivity index (χ0v) is 18.4. The lowest BCUT2D eigenvalue weighted by Gasteiger charge is -2.43. The van der Waals surface area contributed by atoms with Gasteiger partial charge < -0.3 is 25.2 Å². The summed E-state index contributed by atoms with van der Waals surface area (Å²) < 4.78 is 5.86. The summed E-state index contributed by atoms with van der Waals surface area (Å²) >= 11 is 0. The summed E-state index contributed by atoms with van der Waals surface area (Å²) in [7, 11) is 0. The van der Waals surface area contributed by atoms with Gasteiger partial charge in [0.05, 0.1) is 30.0 Å². The first-order valence-corrected chi connectivity index (χ1v) is 11.1. The topological polar surface area (TPSA) is 107 Å². The molecule has 0 heterocycles. The number of fused-ring (bicyclic) bond motifs is 1. The quantitative estimate of drug-likeness (QED) is 0.317. The fourth-order valence-corrected chi connectivity index (χ4v) is 4.59. The van der Waals surface area contributed by atoms with Crippen molar-refractivity contribution in [2.75, 3.05) is 0 Å². The molecule has 6 heteroatoms. The first kappa shape index (κ1) is 24.6. The molecule has 30 heavy (non-hydrogen) atoms. The van der Waals surface area contributed by atoms with E-state index in [-0.39, 0.29) is 54.3 Å². The predicted molar refractivity (Wildman–Crippen MR) is 116 cm³/mol. The Morgan fingerprint density at radius 1 is 1.33 bits per heavy atom. The fourth-order valence-electron chi connectivity index (χ4n) is 4.59. The molecule has 2 aliphatic rings. The third-order valence-electron chi connectivity index (χ3n) is 6.50. The summed E-state index contributed by atoms with van der Waals surface area (Å²) in [5, 5.41) is 39.8. The Labute approximate surface area is 180 Å². The molecular formula is C24H38O6. The summed E-state index contributed by atoms with van der Waals surface area (Å²) in [5.74, 6) is -0.136. The second-order valence-corrected chi connectivity index (χ2v) is 9.05. The highest BCUT2D eigenvalue weighted by Gasteiger charge is 2.42. The van der Waals surface area contributed by atoms with Gasteiger partial charge in [-0.1, -0.05) is 45.6 Å². The molecule has 0 spiro atoms. The van der Waals surface area contributed by atoms with Crippen molar-refractivity contribution in [3.05, 3.63) is 36.1 Å². The molecule has 0 saturated carbocycles. The van der Waals surface area contributed by atoms with Gasteiger partial charge in [0.15, 0.2) is 0 Å². The van der Waals surface area contributed by atoms with Crippen LogP contribution in [-0.2, 0) is 9.53 Å². The molecule has 170 valence electrons. The van der Waals surface area contributed by atoms with Crippen LogP contribution in [0, 0.1) is 23.7 Å². The smallest absolute Gasteiger partial charge is 0.308 e. The largest absolute Gasteiger partial charge is 0.513 e. The van der Waals surface area contributed by atoms with Gasteiger partial charge in [-0.25, -0.2) is 0 Å². The number of ether oxygens (including phenoxy) is 1. The SMILES string of the molecule is C=C(O)C[C@H](O)C[C@H](O)CC[C@@H]1[C@@H]2C(=C[C@@H](O)C[C@@H]2OC(=O)[C@@H](C)CC)C=C[C@@H]1C. The maximum Gasteiger partial charge on any atom is 0.308 e. The van der Waals surface area contributed by atoms with Crippen LogP contribution in [0.15, 0.2) is 36.1 Å². The van der Waals surface area contributed by atoms with E-state index >= 15 is 0 Å². The first-order valence-electron chi connectivity index (χ1n) is 11.1. The Hall–Kier alpha value is -1.63. The highest BCUT2D eigenvalue weighted by molar-refractivity contribution is 5.72. The summed E-state index contributed by atoms with van der Waals surface area (Å²) in [6.07, 6.45) is 5.94. The van der Waals surface area contributed by atoms with Crippen LogP contribution in [-0.4, -0.2) is 50.8 Å². The molecule has 4 N–H and O–H groups in total. The number of rotatable bonds is 10. The van der Waals surface area contributed by atoms with Crippen LogP contribution in [0.4, 0.5) is 0 Å². The van der Waals surface area contributed by atoms with Gasteiger partial charge in [0.2, 0.25) is 0 Å². The van der Waals surface area contributed by atoms with E-state index in [1.54, 1.807) is 0 Å². The van der Waals surface area contributed by atoms with Crippen LogP contribution in [0.1, 0.15) is 59.3 Å². The first-order chi connectivity index (χ1) is 14.1. The van der Waals surface area contributed by atoms with E-state index in [0.29, 0.717) is 25.7 Å². The predicted octanol–water partition coefficient (Wildman–Crippen LogP) is 3.43. The average Bonchev–Trinajstić information content (AvgIpc) is 2.65. The summed E-state index contributed by atoms with van der Waals surface area (Å²) in [6, 6.07) is 0. The van der Waals surface area contributed by atoms with Gasteiger partial charge in [0, 0.05) is 18.8 Å². The number of hydrogen-bond donors (Lipinski definition) is 4. The monoisotopic (exact) mass is 422 g/mol. The number of esters is 1. The minimum atomic E-state index is -0.828. The van der Waals surface area contributed by atoms with Crippen LogP contribution in [0.3, 0.4) is 0 Å². The van der Waals surface area contributed by atoms with Crippen molar-refractivity contribution in [1.29, 1.82) is 0 Å². The summed E-state index contributed by atoms with van der Waals surface area (Å²) in [5.41, 5.74) is 0.991. The molecule has 0 radical (unpaired) electrons. The molecule has 0 aliphatic heterocycles. The molecule has 0 unspecified atom stereocenters. The minimum absolute atomic E-state index is 0.0178. The Morgan fingerprint density at radius 2 is 2.03 bits per heavy atom. The molecule has 0 saturated heterocycles. The second-order valence-electron chi connectivity index (χ2n) is 9.05. The number of allylic oxidation sites excluding steroid dienone is 2. The highest BCUT2D eigenvalue weighted by atomic mass is 16.5. The van der Waals surface area contributed by atoms with Crippen molar-refractivity contribution in [2.24, 2.45) is 23.7 Å². The van der Waals surface area contributed by atoms with E-state index in [1.165, 1.54) is 0 Å². The van der Waals surface area contributed by atoms with Gasteiger partial charge in [-0.2, -0.15) is 0 Å². The van der Waals surface area contributed by atoms with Crippen molar-refractivity contribution >= 4 is 5.97 Å². The zero-order valence-electron chi connectivity index (χ0n) is 18.4. The molecule has 8 atom stereocenters. The van der Waals surface area contributed by atoms with Crippen LogP contribution in [0.2, 0.25) is 0 Å². The van der Waals surface area contributed by atoms with E-state index in [9.17, 15) is 25.2 Å². The summed E-state index contributed by atoms with van der Waals surface area (Å²) in [6.45, 7) is 9.29. The molecule has 0 amide bonds. The van der Waals surface area contributed by atoms with Gasteiger partial charge in [-0.05, 0) is 43.1 Å². The fraction of sp³-hybridized carbons (Fsp3) is 0.708. The van der Waals surface area contributed by atoms with Crippen LogP contribution >= 0.6 is 0 Å². The minimum Gasteiger partial charge on any atom is -0.513 e. The molecule has 6 nitrogen and oxygen atoms in total. The van der Waals surface area contributed by atoms with Gasteiger partial charge in [-0.3, -0.25) is 4.79 Å². The molecular weight excluding hydrogens is 384 g/mol. The summed E-state index contributed by atoms with van der Waals surface area (Å²) in [4.78, 5) is 12.5.